The van der Waals surface area contributed by atoms with Gasteiger partial charge in [-0.2, -0.15) is 0 Å². The fourth-order valence-corrected chi connectivity index (χ4v) is 2.31. The van der Waals surface area contributed by atoms with Crippen molar-refractivity contribution in [1.82, 2.24) is 5.32 Å². The fourth-order valence-electron chi connectivity index (χ4n) is 1.35. The normalized spacial score (nSPS) is 12.2. The number of halogens is 2. The average Bonchev–Trinajstić information content (AvgIpc) is 2.29. The van der Waals surface area contributed by atoms with E-state index in [2.05, 4.69) is 37.2 Å². The SMILES string of the molecule is COCC(Br)CCNC(=O)c1ccccc1Br. The summed E-state index contributed by atoms with van der Waals surface area (Å²) in [6.45, 7) is 1.27. The van der Waals surface area contributed by atoms with E-state index in [0.717, 1.165) is 10.9 Å². The van der Waals surface area contributed by atoms with Crippen LogP contribution in [0, 0.1) is 0 Å². The first kappa shape index (κ1) is 14.7. The summed E-state index contributed by atoms with van der Waals surface area (Å²) in [7, 11) is 1.66. The molecule has 0 bridgehead atoms. The van der Waals surface area contributed by atoms with Crippen molar-refractivity contribution in [2.24, 2.45) is 0 Å². The summed E-state index contributed by atoms with van der Waals surface area (Å²) in [5.74, 6) is -0.0606. The molecule has 0 saturated heterocycles. The van der Waals surface area contributed by atoms with Crippen LogP contribution in [0.2, 0.25) is 0 Å². The predicted molar refractivity (Wildman–Crippen MR) is 75.7 cm³/mol. The van der Waals surface area contributed by atoms with E-state index in [1.54, 1.807) is 13.2 Å². The molecule has 94 valence electrons. The molecule has 1 amide bonds. The zero-order valence-corrected chi connectivity index (χ0v) is 12.8. The van der Waals surface area contributed by atoms with E-state index in [0.29, 0.717) is 18.7 Å². The highest BCUT2D eigenvalue weighted by Gasteiger charge is 2.09. The minimum absolute atomic E-state index is 0.0606. The van der Waals surface area contributed by atoms with Gasteiger partial charge in [-0.15, -0.1) is 0 Å². The molecule has 0 spiro atoms. The van der Waals surface area contributed by atoms with Gasteiger partial charge in [-0.1, -0.05) is 28.1 Å². The summed E-state index contributed by atoms with van der Waals surface area (Å²) in [5.41, 5.74) is 0.658. The van der Waals surface area contributed by atoms with Gasteiger partial charge in [-0.3, -0.25) is 4.79 Å². The molecular weight excluding hydrogens is 350 g/mol. The van der Waals surface area contributed by atoms with Crippen molar-refractivity contribution in [3.63, 3.8) is 0 Å². The second-order valence-corrected chi connectivity index (χ2v) is 5.73. The van der Waals surface area contributed by atoms with Crippen LogP contribution in [0.15, 0.2) is 28.7 Å². The van der Waals surface area contributed by atoms with Gasteiger partial charge in [0.25, 0.3) is 5.91 Å². The summed E-state index contributed by atoms with van der Waals surface area (Å²) in [6, 6.07) is 7.37. The molecule has 0 aromatic heterocycles. The lowest BCUT2D eigenvalue weighted by Gasteiger charge is -2.10. The van der Waals surface area contributed by atoms with Crippen LogP contribution >= 0.6 is 31.9 Å². The Morgan fingerprint density at radius 2 is 2.18 bits per heavy atom. The minimum atomic E-state index is -0.0606. The smallest absolute Gasteiger partial charge is 0.252 e. The molecule has 1 aromatic rings. The third kappa shape index (κ3) is 5.19. The van der Waals surface area contributed by atoms with Gasteiger partial charge in [-0.25, -0.2) is 0 Å². The Morgan fingerprint density at radius 3 is 2.82 bits per heavy atom. The molecule has 0 aliphatic carbocycles. The van der Waals surface area contributed by atoms with Crippen LogP contribution in [0.4, 0.5) is 0 Å². The lowest BCUT2D eigenvalue weighted by atomic mass is 10.2. The Bertz CT molecular complexity index is 371. The first-order valence-corrected chi connectivity index (χ1v) is 7.01. The van der Waals surface area contributed by atoms with Crippen molar-refractivity contribution in [3.8, 4) is 0 Å². The number of methoxy groups -OCH3 is 1. The molecule has 1 N–H and O–H groups in total. The molecule has 0 aliphatic rings. The van der Waals surface area contributed by atoms with Gasteiger partial charge in [0.1, 0.15) is 0 Å². The summed E-state index contributed by atoms with van der Waals surface area (Å²) >= 11 is 6.83. The van der Waals surface area contributed by atoms with Crippen molar-refractivity contribution in [2.45, 2.75) is 11.2 Å². The zero-order valence-electron chi connectivity index (χ0n) is 9.58. The van der Waals surface area contributed by atoms with Gasteiger partial charge >= 0.3 is 0 Å². The number of nitrogens with one attached hydrogen (secondary N) is 1. The van der Waals surface area contributed by atoms with Gasteiger partial charge in [-0.05, 0) is 34.5 Å². The number of alkyl halides is 1. The third-order valence-electron chi connectivity index (χ3n) is 2.21. The Kier molecular flexibility index (Phi) is 6.77. The van der Waals surface area contributed by atoms with Gasteiger partial charge in [0.05, 0.1) is 12.2 Å². The van der Waals surface area contributed by atoms with Crippen LogP contribution in [-0.4, -0.2) is 31.0 Å². The van der Waals surface area contributed by atoms with E-state index in [1.165, 1.54) is 0 Å². The number of ether oxygens (including phenoxy) is 1. The Hall–Kier alpha value is -0.390. The number of amides is 1. The molecule has 0 fully saturated rings. The molecule has 1 atom stereocenters. The lowest BCUT2D eigenvalue weighted by molar-refractivity contribution is 0.0951. The number of hydrogen-bond donors (Lipinski definition) is 1. The largest absolute Gasteiger partial charge is 0.384 e. The second-order valence-electron chi connectivity index (χ2n) is 3.58. The van der Waals surface area contributed by atoms with Crippen molar-refractivity contribution in [1.29, 1.82) is 0 Å². The molecule has 17 heavy (non-hydrogen) atoms. The van der Waals surface area contributed by atoms with E-state index in [4.69, 9.17) is 4.74 Å². The number of benzene rings is 1. The molecule has 1 rings (SSSR count). The quantitative estimate of drug-likeness (QED) is 0.788. The topological polar surface area (TPSA) is 38.3 Å². The number of hydrogen-bond acceptors (Lipinski definition) is 2. The molecule has 1 aromatic carbocycles. The first-order chi connectivity index (χ1) is 8.15. The fraction of sp³-hybridized carbons (Fsp3) is 0.417. The molecule has 0 radical (unpaired) electrons. The van der Waals surface area contributed by atoms with Crippen LogP contribution in [0.1, 0.15) is 16.8 Å². The first-order valence-electron chi connectivity index (χ1n) is 5.31. The van der Waals surface area contributed by atoms with Crippen LogP contribution in [0.5, 0.6) is 0 Å². The molecule has 1 unspecified atom stereocenters. The van der Waals surface area contributed by atoms with E-state index >= 15 is 0 Å². The molecule has 3 nitrogen and oxygen atoms in total. The van der Waals surface area contributed by atoms with Crippen LogP contribution in [0.3, 0.4) is 0 Å². The van der Waals surface area contributed by atoms with Crippen LogP contribution in [-0.2, 0) is 4.74 Å². The molecule has 0 heterocycles. The van der Waals surface area contributed by atoms with Crippen LogP contribution in [0.25, 0.3) is 0 Å². The molecule has 0 aliphatic heterocycles. The summed E-state index contributed by atoms with van der Waals surface area (Å²) in [5, 5.41) is 2.87. The second kappa shape index (κ2) is 7.84. The van der Waals surface area contributed by atoms with E-state index in [-0.39, 0.29) is 10.7 Å². The highest BCUT2D eigenvalue weighted by molar-refractivity contribution is 9.10. The van der Waals surface area contributed by atoms with Crippen molar-refractivity contribution in [3.05, 3.63) is 34.3 Å². The van der Waals surface area contributed by atoms with Crippen LogP contribution < -0.4 is 5.32 Å². The third-order valence-corrected chi connectivity index (χ3v) is 3.62. The summed E-state index contributed by atoms with van der Waals surface area (Å²) in [6.07, 6.45) is 0.837. The van der Waals surface area contributed by atoms with E-state index < -0.39 is 0 Å². The predicted octanol–water partition coefficient (Wildman–Crippen LogP) is 2.98. The highest BCUT2D eigenvalue weighted by atomic mass is 79.9. The molecule has 5 heteroatoms. The Labute approximate surface area is 118 Å². The number of carbonyl (C=O) groups excluding carboxylic acids is 1. The monoisotopic (exact) mass is 363 g/mol. The van der Waals surface area contributed by atoms with E-state index in [1.807, 2.05) is 18.2 Å². The summed E-state index contributed by atoms with van der Waals surface area (Å²) < 4.78 is 5.81. The lowest BCUT2D eigenvalue weighted by Crippen LogP contribution is -2.27. The zero-order chi connectivity index (χ0) is 12.7. The highest BCUT2D eigenvalue weighted by Crippen LogP contribution is 2.15. The van der Waals surface area contributed by atoms with E-state index in [9.17, 15) is 4.79 Å². The minimum Gasteiger partial charge on any atom is -0.384 e. The standard InChI is InChI=1S/C12H15Br2NO2/c1-17-8-9(13)6-7-15-12(16)10-4-2-3-5-11(10)14/h2-5,9H,6-8H2,1H3,(H,15,16). The maximum absolute atomic E-state index is 11.8. The summed E-state index contributed by atoms with van der Waals surface area (Å²) in [4.78, 5) is 12.1. The Balaban J connectivity index is 2.38. The molecule has 0 saturated carbocycles. The van der Waals surface area contributed by atoms with Gasteiger partial charge in [0.2, 0.25) is 0 Å². The average molecular weight is 365 g/mol. The van der Waals surface area contributed by atoms with Gasteiger partial charge in [0.15, 0.2) is 0 Å². The van der Waals surface area contributed by atoms with Gasteiger partial charge < -0.3 is 10.1 Å². The number of rotatable bonds is 6. The number of carbonyl (C=O) groups is 1. The van der Waals surface area contributed by atoms with Crippen molar-refractivity contribution >= 4 is 37.8 Å². The maximum Gasteiger partial charge on any atom is 0.252 e. The maximum atomic E-state index is 11.8. The Morgan fingerprint density at radius 1 is 1.47 bits per heavy atom. The van der Waals surface area contributed by atoms with Gasteiger partial charge in [0, 0.05) is 23.0 Å². The van der Waals surface area contributed by atoms with Crippen molar-refractivity contribution in [2.75, 3.05) is 20.3 Å². The van der Waals surface area contributed by atoms with Crippen molar-refractivity contribution < 1.29 is 9.53 Å². The molecular formula is C12H15Br2NO2.